The average molecular weight is 261 g/mol. The van der Waals surface area contributed by atoms with Crippen LogP contribution in [0.5, 0.6) is 0 Å². The third-order valence-electron chi connectivity index (χ3n) is 3.50. The summed E-state index contributed by atoms with van der Waals surface area (Å²) in [5, 5.41) is 4.88. The van der Waals surface area contributed by atoms with E-state index in [1.54, 1.807) is 6.08 Å². The van der Waals surface area contributed by atoms with Gasteiger partial charge in [-0.3, -0.25) is 0 Å². The van der Waals surface area contributed by atoms with Gasteiger partial charge >= 0.3 is 0 Å². The van der Waals surface area contributed by atoms with Crippen LogP contribution in [0.25, 0.3) is 0 Å². The van der Waals surface area contributed by atoms with E-state index in [0.717, 1.165) is 26.1 Å². The largest absolute Gasteiger partial charge is 0.381 e. The van der Waals surface area contributed by atoms with Crippen LogP contribution in [-0.2, 0) is 14.8 Å². The van der Waals surface area contributed by atoms with Gasteiger partial charge in [0.15, 0.2) is 0 Å². The van der Waals surface area contributed by atoms with Crippen LogP contribution in [0.3, 0.4) is 0 Å². The van der Waals surface area contributed by atoms with Gasteiger partial charge in [-0.1, -0.05) is 13.0 Å². The fourth-order valence-electron chi connectivity index (χ4n) is 2.42. The fraction of sp³-hybridized carbons (Fsp3) is 0.833. The molecule has 0 aliphatic carbocycles. The summed E-state index contributed by atoms with van der Waals surface area (Å²) in [4.78, 5) is 0. The van der Waals surface area contributed by atoms with Gasteiger partial charge in [-0.15, -0.1) is 6.58 Å². The Morgan fingerprint density at radius 3 is 2.53 bits per heavy atom. The molecule has 0 amide bonds. The van der Waals surface area contributed by atoms with Gasteiger partial charge in [0.1, 0.15) is 0 Å². The number of rotatable bonds is 6. The standard InChI is InChI=1S/C12H23NO3S/c1-3-4-10(2)12(17(13,14)15)9-11-5-7-16-8-6-11/h3,10-12H,1,4-9H2,2H3,(H2,13,14,15)/t10-,12?/m1/s1. The Morgan fingerprint density at radius 1 is 1.47 bits per heavy atom. The minimum absolute atomic E-state index is 0.0327. The molecular weight excluding hydrogens is 238 g/mol. The Morgan fingerprint density at radius 2 is 2.06 bits per heavy atom. The highest BCUT2D eigenvalue weighted by Crippen LogP contribution is 2.27. The first-order valence-corrected chi connectivity index (χ1v) is 7.76. The van der Waals surface area contributed by atoms with Gasteiger partial charge in [0.05, 0.1) is 5.25 Å². The van der Waals surface area contributed by atoms with Gasteiger partial charge in [-0.05, 0) is 37.5 Å². The maximum Gasteiger partial charge on any atom is 0.212 e. The summed E-state index contributed by atoms with van der Waals surface area (Å²) in [7, 11) is -3.47. The molecule has 0 radical (unpaired) electrons. The Balaban J connectivity index is 2.66. The molecule has 0 saturated carbocycles. The molecule has 1 unspecified atom stereocenters. The van der Waals surface area contributed by atoms with Gasteiger partial charge in [0, 0.05) is 13.2 Å². The van der Waals surface area contributed by atoms with Crippen molar-refractivity contribution in [2.45, 2.75) is 37.9 Å². The number of hydrogen-bond donors (Lipinski definition) is 1. The van der Waals surface area contributed by atoms with Crippen molar-refractivity contribution in [2.75, 3.05) is 13.2 Å². The lowest BCUT2D eigenvalue weighted by Crippen LogP contribution is -2.36. The van der Waals surface area contributed by atoms with Crippen LogP contribution >= 0.6 is 0 Å². The van der Waals surface area contributed by atoms with Gasteiger partial charge in [0.2, 0.25) is 10.0 Å². The van der Waals surface area contributed by atoms with E-state index in [0.29, 0.717) is 18.8 Å². The summed E-state index contributed by atoms with van der Waals surface area (Å²) in [5.74, 6) is 0.449. The van der Waals surface area contributed by atoms with Crippen LogP contribution in [0.15, 0.2) is 12.7 Å². The number of allylic oxidation sites excluding steroid dienone is 1. The van der Waals surface area contributed by atoms with E-state index < -0.39 is 15.3 Å². The van der Waals surface area contributed by atoms with Crippen molar-refractivity contribution >= 4 is 10.0 Å². The fourth-order valence-corrected chi connectivity index (χ4v) is 3.71. The topological polar surface area (TPSA) is 69.4 Å². The lowest BCUT2D eigenvalue weighted by atomic mass is 9.89. The molecular formula is C12H23NO3S. The Bertz CT molecular complexity index is 334. The molecule has 0 aromatic carbocycles. The zero-order valence-corrected chi connectivity index (χ0v) is 11.3. The lowest BCUT2D eigenvalue weighted by molar-refractivity contribution is 0.0624. The van der Waals surface area contributed by atoms with Gasteiger partial charge in [-0.2, -0.15) is 0 Å². The summed E-state index contributed by atoms with van der Waals surface area (Å²) in [6, 6.07) is 0. The molecule has 17 heavy (non-hydrogen) atoms. The van der Waals surface area contributed by atoms with E-state index in [4.69, 9.17) is 9.88 Å². The molecule has 0 aromatic rings. The second-order valence-electron chi connectivity index (χ2n) is 4.92. The third kappa shape index (κ3) is 4.77. The maximum absolute atomic E-state index is 11.6. The second-order valence-corrected chi connectivity index (χ2v) is 6.70. The smallest absolute Gasteiger partial charge is 0.212 e. The van der Waals surface area contributed by atoms with Crippen LogP contribution in [0.1, 0.15) is 32.6 Å². The Labute approximate surface area is 104 Å². The normalized spacial score (nSPS) is 22.0. The molecule has 0 aromatic heterocycles. The SMILES string of the molecule is C=CC[C@@H](C)C(CC1CCOCC1)S(N)(=O)=O. The molecule has 0 bridgehead atoms. The van der Waals surface area contributed by atoms with Crippen molar-refractivity contribution in [1.29, 1.82) is 0 Å². The number of hydrogen-bond acceptors (Lipinski definition) is 3. The van der Waals surface area contributed by atoms with Gasteiger partial charge in [0.25, 0.3) is 0 Å². The molecule has 0 spiro atoms. The van der Waals surface area contributed by atoms with Crippen molar-refractivity contribution < 1.29 is 13.2 Å². The van der Waals surface area contributed by atoms with Crippen molar-refractivity contribution in [3.8, 4) is 0 Å². The Hall–Kier alpha value is -0.390. The first kappa shape index (κ1) is 14.7. The Kier molecular flexibility index (Phi) is 5.62. The molecule has 2 N–H and O–H groups in total. The quantitative estimate of drug-likeness (QED) is 0.739. The molecule has 100 valence electrons. The summed E-state index contributed by atoms with van der Waals surface area (Å²) >= 11 is 0. The number of sulfonamides is 1. The highest BCUT2D eigenvalue weighted by molar-refractivity contribution is 7.89. The van der Waals surface area contributed by atoms with Crippen molar-refractivity contribution in [1.82, 2.24) is 0 Å². The number of nitrogens with two attached hydrogens (primary N) is 1. The molecule has 1 aliphatic heterocycles. The van der Waals surface area contributed by atoms with E-state index in [2.05, 4.69) is 6.58 Å². The average Bonchev–Trinajstić information content (AvgIpc) is 2.26. The van der Waals surface area contributed by atoms with E-state index >= 15 is 0 Å². The third-order valence-corrected chi connectivity index (χ3v) is 5.00. The summed E-state index contributed by atoms with van der Waals surface area (Å²) in [6.07, 6.45) is 4.97. The first-order chi connectivity index (χ1) is 7.95. The molecule has 4 nitrogen and oxygen atoms in total. The molecule has 1 aliphatic rings. The van der Waals surface area contributed by atoms with Gasteiger partial charge in [-0.25, -0.2) is 13.6 Å². The van der Waals surface area contributed by atoms with E-state index in [1.165, 1.54) is 0 Å². The summed E-state index contributed by atoms with van der Waals surface area (Å²) < 4.78 is 28.5. The molecule has 5 heteroatoms. The van der Waals surface area contributed by atoms with Crippen LogP contribution in [0.2, 0.25) is 0 Å². The predicted molar refractivity (Wildman–Crippen MR) is 69.0 cm³/mol. The zero-order chi connectivity index (χ0) is 12.9. The van der Waals surface area contributed by atoms with Gasteiger partial charge < -0.3 is 4.74 Å². The second kappa shape index (κ2) is 6.52. The molecule has 2 atom stereocenters. The van der Waals surface area contributed by atoms with Crippen LogP contribution in [-0.4, -0.2) is 26.9 Å². The molecule has 1 heterocycles. The van der Waals surface area contributed by atoms with E-state index in [-0.39, 0.29) is 5.92 Å². The first-order valence-electron chi connectivity index (χ1n) is 6.15. The number of primary sulfonamides is 1. The summed E-state index contributed by atoms with van der Waals surface area (Å²) in [6.45, 7) is 7.05. The molecule has 1 saturated heterocycles. The van der Waals surface area contributed by atoms with Crippen LogP contribution < -0.4 is 5.14 Å². The molecule has 1 rings (SSSR count). The van der Waals surface area contributed by atoms with E-state index in [9.17, 15) is 8.42 Å². The predicted octanol–water partition coefficient (Wildman–Crippen LogP) is 1.67. The summed E-state index contributed by atoms with van der Waals surface area (Å²) in [5.41, 5.74) is 0. The highest BCUT2D eigenvalue weighted by atomic mass is 32.2. The minimum atomic E-state index is -3.47. The maximum atomic E-state index is 11.6. The highest BCUT2D eigenvalue weighted by Gasteiger charge is 2.30. The number of ether oxygens (including phenoxy) is 1. The van der Waals surface area contributed by atoms with E-state index in [1.807, 2.05) is 6.92 Å². The van der Waals surface area contributed by atoms with Crippen molar-refractivity contribution in [3.63, 3.8) is 0 Å². The minimum Gasteiger partial charge on any atom is -0.381 e. The zero-order valence-electron chi connectivity index (χ0n) is 10.5. The van der Waals surface area contributed by atoms with Crippen LogP contribution in [0.4, 0.5) is 0 Å². The monoisotopic (exact) mass is 261 g/mol. The molecule has 1 fully saturated rings. The van der Waals surface area contributed by atoms with Crippen LogP contribution in [0, 0.1) is 11.8 Å². The lowest BCUT2D eigenvalue weighted by Gasteiger charge is -2.28. The van der Waals surface area contributed by atoms with Crippen molar-refractivity contribution in [3.05, 3.63) is 12.7 Å². The van der Waals surface area contributed by atoms with Crippen molar-refractivity contribution in [2.24, 2.45) is 17.0 Å².